The summed E-state index contributed by atoms with van der Waals surface area (Å²) in [7, 11) is 0. The standard InChI is InChI=1S/C23H44O3/c1-2-3-4-5-6-7-8-9-10-11-12-13-14-15-16-17-18-19-20-21-22(24)23(25)26/h19-20,22,24H,2-18,21H2,1H3,(H,25,26)/b20-19+. The molecule has 26 heavy (non-hydrogen) atoms. The summed E-state index contributed by atoms with van der Waals surface area (Å²) in [6.07, 6.45) is 25.8. The molecule has 0 aromatic carbocycles. The van der Waals surface area contributed by atoms with Crippen molar-refractivity contribution in [1.82, 2.24) is 0 Å². The van der Waals surface area contributed by atoms with Crippen LogP contribution in [0.1, 0.15) is 122 Å². The van der Waals surface area contributed by atoms with E-state index in [1.165, 1.54) is 96.3 Å². The van der Waals surface area contributed by atoms with E-state index in [4.69, 9.17) is 10.2 Å². The number of carbonyl (C=O) groups is 1. The van der Waals surface area contributed by atoms with Gasteiger partial charge in [-0.3, -0.25) is 0 Å². The molecule has 0 saturated carbocycles. The first-order chi connectivity index (χ1) is 12.7. The average molecular weight is 369 g/mol. The maximum atomic E-state index is 10.4. The van der Waals surface area contributed by atoms with E-state index in [9.17, 15) is 4.79 Å². The van der Waals surface area contributed by atoms with Gasteiger partial charge in [-0.1, -0.05) is 115 Å². The molecule has 0 rings (SSSR count). The second-order valence-electron chi connectivity index (χ2n) is 7.65. The van der Waals surface area contributed by atoms with Gasteiger partial charge in [0.25, 0.3) is 0 Å². The molecule has 2 N–H and O–H groups in total. The zero-order chi connectivity index (χ0) is 19.3. The van der Waals surface area contributed by atoms with Crippen molar-refractivity contribution >= 4 is 5.97 Å². The van der Waals surface area contributed by atoms with E-state index in [1.54, 1.807) is 6.08 Å². The highest BCUT2D eigenvalue weighted by Gasteiger charge is 2.09. The highest BCUT2D eigenvalue weighted by molar-refractivity contribution is 5.72. The molecule has 0 saturated heterocycles. The lowest BCUT2D eigenvalue weighted by Crippen LogP contribution is -2.17. The lowest BCUT2D eigenvalue weighted by Gasteiger charge is -2.03. The Balaban J connectivity index is 3.11. The predicted octanol–water partition coefficient (Wildman–Crippen LogP) is 7.03. The normalized spacial score (nSPS) is 12.7. The zero-order valence-corrected chi connectivity index (χ0v) is 17.3. The number of rotatable bonds is 20. The molecule has 0 aromatic heterocycles. The molecule has 154 valence electrons. The molecular formula is C23H44O3. The van der Waals surface area contributed by atoms with Crippen LogP contribution < -0.4 is 0 Å². The summed E-state index contributed by atoms with van der Waals surface area (Å²) < 4.78 is 0. The summed E-state index contributed by atoms with van der Waals surface area (Å²) in [5.41, 5.74) is 0. The third kappa shape index (κ3) is 19.5. The fourth-order valence-electron chi connectivity index (χ4n) is 3.25. The van der Waals surface area contributed by atoms with Crippen molar-refractivity contribution in [3.63, 3.8) is 0 Å². The van der Waals surface area contributed by atoms with E-state index >= 15 is 0 Å². The SMILES string of the molecule is CCCCCCCCCCCCCCCCCC/C=C/CC(O)C(=O)O. The molecule has 0 amide bonds. The van der Waals surface area contributed by atoms with Crippen LogP contribution in [-0.4, -0.2) is 22.3 Å². The highest BCUT2D eigenvalue weighted by Crippen LogP contribution is 2.14. The fourth-order valence-corrected chi connectivity index (χ4v) is 3.25. The van der Waals surface area contributed by atoms with E-state index in [2.05, 4.69) is 6.92 Å². The van der Waals surface area contributed by atoms with Gasteiger partial charge in [-0.25, -0.2) is 4.79 Å². The Hall–Kier alpha value is -0.830. The minimum atomic E-state index is -1.25. The van der Waals surface area contributed by atoms with Gasteiger partial charge in [0.05, 0.1) is 0 Å². The topological polar surface area (TPSA) is 57.5 Å². The molecule has 0 bridgehead atoms. The lowest BCUT2D eigenvalue weighted by molar-refractivity contribution is -0.146. The van der Waals surface area contributed by atoms with Crippen molar-refractivity contribution in [2.24, 2.45) is 0 Å². The molecule has 0 heterocycles. The number of allylic oxidation sites excluding steroid dienone is 1. The minimum Gasteiger partial charge on any atom is -0.479 e. The van der Waals surface area contributed by atoms with Crippen molar-refractivity contribution in [2.45, 2.75) is 129 Å². The van der Waals surface area contributed by atoms with E-state index < -0.39 is 12.1 Å². The third-order valence-electron chi connectivity index (χ3n) is 5.04. The first-order valence-corrected chi connectivity index (χ1v) is 11.2. The number of carboxylic acid groups (broad SMARTS) is 1. The lowest BCUT2D eigenvalue weighted by atomic mass is 10.0. The van der Waals surface area contributed by atoms with E-state index in [1.807, 2.05) is 6.08 Å². The third-order valence-corrected chi connectivity index (χ3v) is 5.04. The number of unbranched alkanes of at least 4 members (excludes halogenated alkanes) is 16. The fraction of sp³-hybridized carbons (Fsp3) is 0.870. The average Bonchev–Trinajstić information content (AvgIpc) is 2.63. The van der Waals surface area contributed by atoms with Crippen molar-refractivity contribution < 1.29 is 15.0 Å². The number of hydrogen-bond acceptors (Lipinski definition) is 2. The van der Waals surface area contributed by atoms with Crippen LogP contribution in [0.5, 0.6) is 0 Å². The highest BCUT2D eigenvalue weighted by atomic mass is 16.4. The summed E-state index contributed by atoms with van der Waals surface area (Å²) in [6.45, 7) is 2.28. The van der Waals surface area contributed by atoms with E-state index in [0.29, 0.717) is 0 Å². The summed E-state index contributed by atoms with van der Waals surface area (Å²) in [4.78, 5) is 10.4. The van der Waals surface area contributed by atoms with Crippen LogP contribution in [0.2, 0.25) is 0 Å². The van der Waals surface area contributed by atoms with Gasteiger partial charge >= 0.3 is 5.97 Å². The quantitative estimate of drug-likeness (QED) is 0.179. The summed E-state index contributed by atoms with van der Waals surface area (Å²) in [6, 6.07) is 0. The predicted molar refractivity (Wildman–Crippen MR) is 112 cm³/mol. The zero-order valence-electron chi connectivity index (χ0n) is 17.3. The van der Waals surface area contributed by atoms with Crippen LogP contribution in [0.3, 0.4) is 0 Å². The molecule has 0 aliphatic carbocycles. The van der Waals surface area contributed by atoms with Crippen molar-refractivity contribution in [3.05, 3.63) is 12.2 Å². The smallest absolute Gasteiger partial charge is 0.332 e. The Bertz CT molecular complexity index is 325. The Morgan fingerprint density at radius 1 is 0.692 bits per heavy atom. The van der Waals surface area contributed by atoms with E-state index in [-0.39, 0.29) is 6.42 Å². The Morgan fingerprint density at radius 3 is 1.46 bits per heavy atom. The van der Waals surface area contributed by atoms with Gasteiger partial charge in [0.1, 0.15) is 0 Å². The summed E-state index contributed by atoms with van der Waals surface area (Å²) in [5, 5.41) is 17.7. The van der Waals surface area contributed by atoms with Crippen LogP contribution in [0, 0.1) is 0 Å². The number of hydrogen-bond donors (Lipinski definition) is 2. The minimum absolute atomic E-state index is 0.216. The molecule has 0 aromatic rings. The Kier molecular flexibility index (Phi) is 19.8. The summed E-state index contributed by atoms with van der Waals surface area (Å²) >= 11 is 0. The second-order valence-corrected chi connectivity index (χ2v) is 7.65. The van der Waals surface area contributed by atoms with Crippen LogP contribution in [0.25, 0.3) is 0 Å². The molecular weight excluding hydrogens is 324 g/mol. The number of carboxylic acids is 1. The first kappa shape index (κ1) is 25.2. The largest absolute Gasteiger partial charge is 0.479 e. The van der Waals surface area contributed by atoms with Gasteiger partial charge in [0, 0.05) is 6.42 Å². The maximum Gasteiger partial charge on any atom is 0.332 e. The van der Waals surface area contributed by atoms with Gasteiger partial charge in [-0.15, -0.1) is 0 Å². The molecule has 0 radical (unpaired) electrons. The Morgan fingerprint density at radius 2 is 1.08 bits per heavy atom. The van der Waals surface area contributed by atoms with Crippen LogP contribution in [0.4, 0.5) is 0 Å². The summed E-state index contributed by atoms with van der Waals surface area (Å²) in [5.74, 6) is -1.14. The number of aliphatic hydroxyl groups excluding tert-OH is 1. The van der Waals surface area contributed by atoms with E-state index in [0.717, 1.165) is 12.8 Å². The van der Waals surface area contributed by atoms with Gasteiger partial charge in [-0.2, -0.15) is 0 Å². The molecule has 1 atom stereocenters. The van der Waals surface area contributed by atoms with Crippen molar-refractivity contribution in [2.75, 3.05) is 0 Å². The number of aliphatic carboxylic acids is 1. The van der Waals surface area contributed by atoms with Gasteiger partial charge in [0.15, 0.2) is 6.10 Å². The van der Waals surface area contributed by atoms with Gasteiger partial charge < -0.3 is 10.2 Å². The molecule has 0 aliphatic rings. The maximum absolute atomic E-state index is 10.4. The molecule has 3 nitrogen and oxygen atoms in total. The van der Waals surface area contributed by atoms with Crippen molar-refractivity contribution in [1.29, 1.82) is 0 Å². The molecule has 1 unspecified atom stereocenters. The number of aliphatic hydroxyl groups is 1. The monoisotopic (exact) mass is 368 g/mol. The van der Waals surface area contributed by atoms with Gasteiger partial charge in [-0.05, 0) is 12.8 Å². The van der Waals surface area contributed by atoms with Crippen LogP contribution in [-0.2, 0) is 4.79 Å². The second kappa shape index (κ2) is 20.5. The van der Waals surface area contributed by atoms with Gasteiger partial charge in [0.2, 0.25) is 0 Å². The molecule has 0 spiro atoms. The van der Waals surface area contributed by atoms with Crippen LogP contribution >= 0.6 is 0 Å². The molecule has 3 heteroatoms. The molecule has 0 aliphatic heterocycles. The Labute approximate surface area is 162 Å². The van der Waals surface area contributed by atoms with Crippen LogP contribution in [0.15, 0.2) is 12.2 Å². The molecule has 0 fully saturated rings. The van der Waals surface area contributed by atoms with Crippen molar-refractivity contribution in [3.8, 4) is 0 Å². The first-order valence-electron chi connectivity index (χ1n) is 11.2.